The molecule has 6 atom stereocenters. The molecule has 0 N–H and O–H groups in total. The highest BCUT2D eigenvalue weighted by Gasteiger charge is 2.88. The van der Waals surface area contributed by atoms with Crippen LogP contribution in [0, 0.1) is 29.1 Å². The molecule has 120 valence electrons. The summed E-state index contributed by atoms with van der Waals surface area (Å²) in [6, 6.07) is 12.5. The molecule has 4 heteroatoms. The Morgan fingerprint density at radius 1 is 0.792 bits per heavy atom. The first-order valence-electron chi connectivity index (χ1n) is 8.90. The maximum Gasteiger partial charge on any atom is 0.130 e. The first-order chi connectivity index (χ1) is 11.6. The summed E-state index contributed by atoms with van der Waals surface area (Å²) in [5.74, 6) is 2.16. The van der Waals surface area contributed by atoms with Gasteiger partial charge >= 0.3 is 0 Å². The third kappa shape index (κ3) is 1.20. The van der Waals surface area contributed by atoms with Crippen LogP contribution in [0.3, 0.4) is 0 Å². The topological polar surface area (TPSA) is 50.5 Å². The highest BCUT2D eigenvalue weighted by Crippen LogP contribution is 2.87. The average molecular weight is 316 g/mol. The van der Waals surface area contributed by atoms with Gasteiger partial charge < -0.3 is 0 Å². The maximum atomic E-state index is 5.01. The van der Waals surface area contributed by atoms with E-state index in [1.165, 1.54) is 6.42 Å². The Kier molecular flexibility index (Phi) is 2.07. The van der Waals surface area contributed by atoms with Gasteiger partial charge in [-0.15, -0.1) is 0 Å². The van der Waals surface area contributed by atoms with E-state index < -0.39 is 0 Å². The van der Waals surface area contributed by atoms with Crippen LogP contribution >= 0.6 is 0 Å². The minimum absolute atomic E-state index is 0.198. The third-order valence-corrected chi connectivity index (χ3v) is 7.23. The largest absolute Gasteiger partial charge is 0.259 e. The van der Waals surface area contributed by atoms with Crippen LogP contribution in [-0.2, 0) is 11.1 Å². The number of azo groups is 1. The van der Waals surface area contributed by atoms with Gasteiger partial charge in [-0.05, 0) is 47.9 Å². The van der Waals surface area contributed by atoms with Gasteiger partial charge in [0.2, 0.25) is 0 Å². The van der Waals surface area contributed by atoms with Gasteiger partial charge in [-0.2, -0.15) is 10.2 Å². The van der Waals surface area contributed by atoms with Crippen LogP contribution in [0.25, 0.3) is 0 Å². The van der Waals surface area contributed by atoms with Crippen molar-refractivity contribution in [1.82, 2.24) is 9.97 Å². The van der Waals surface area contributed by atoms with Crippen LogP contribution < -0.4 is 0 Å². The first kappa shape index (κ1) is 13.2. The van der Waals surface area contributed by atoms with Crippen LogP contribution in [0.1, 0.15) is 31.7 Å². The van der Waals surface area contributed by atoms with E-state index in [4.69, 9.17) is 20.2 Å². The predicted octanol–water partition coefficient (Wildman–Crippen LogP) is 3.96. The Morgan fingerprint density at radius 3 is 1.71 bits per heavy atom. The maximum absolute atomic E-state index is 5.01. The zero-order chi connectivity index (χ0) is 16.2. The minimum Gasteiger partial charge on any atom is -0.259 e. The van der Waals surface area contributed by atoms with Crippen molar-refractivity contribution in [2.24, 2.45) is 39.3 Å². The zero-order valence-corrected chi connectivity index (χ0v) is 13.9. The minimum atomic E-state index is -0.198. The zero-order valence-electron chi connectivity index (χ0n) is 13.9. The molecule has 3 aliphatic carbocycles. The summed E-state index contributed by atoms with van der Waals surface area (Å²) in [5, 5.41) is 10.0. The second-order valence-corrected chi connectivity index (χ2v) is 8.51. The summed E-state index contributed by atoms with van der Waals surface area (Å²) in [4.78, 5) is 9.43. The van der Waals surface area contributed by atoms with Gasteiger partial charge in [0.1, 0.15) is 11.1 Å². The summed E-state index contributed by atoms with van der Waals surface area (Å²) in [5.41, 5.74) is 2.08. The van der Waals surface area contributed by atoms with E-state index in [0.29, 0.717) is 23.7 Å². The summed E-state index contributed by atoms with van der Waals surface area (Å²) >= 11 is 0. The van der Waals surface area contributed by atoms with Gasteiger partial charge in [-0.1, -0.05) is 26.0 Å². The molecule has 0 amide bonds. The molecular weight excluding hydrogens is 296 g/mol. The smallest absolute Gasteiger partial charge is 0.130 e. The van der Waals surface area contributed by atoms with E-state index in [9.17, 15) is 0 Å². The van der Waals surface area contributed by atoms with E-state index in [0.717, 1.165) is 11.4 Å². The molecule has 0 spiro atoms. The highest BCUT2D eigenvalue weighted by atomic mass is 15.3. The molecule has 4 heterocycles. The number of hydrogen-bond acceptors (Lipinski definition) is 4. The van der Waals surface area contributed by atoms with E-state index >= 15 is 0 Å². The Bertz CT molecular complexity index is 792. The fourth-order valence-electron chi connectivity index (χ4n) is 6.35. The quantitative estimate of drug-likeness (QED) is 0.842. The van der Waals surface area contributed by atoms with Gasteiger partial charge in [-0.3, -0.25) is 9.97 Å². The second kappa shape index (κ2) is 3.76. The fraction of sp³-hybridized carbons (Fsp3) is 0.500. The number of nitrogens with zero attached hydrogens (tertiary/aromatic N) is 4. The summed E-state index contributed by atoms with van der Waals surface area (Å²) < 4.78 is 0. The molecular formula is C20H20N4. The normalized spacial score (nSPS) is 45.4. The van der Waals surface area contributed by atoms with Gasteiger partial charge in [-0.25, -0.2) is 0 Å². The van der Waals surface area contributed by atoms with E-state index in [1.54, 1.807) is 0 Å². The van der Waals surface area contributed by atoms with Crippen molar-refractivity contribution in [1.29, 1.82) is 0 Å². The SMILES string of the molecule is CC1(C)[C@H]2[C@@H]1[C@@]1(c3ccccn3)N=N[C@]2(c2ccccn2)[C@@H]2C[C@@H]21. The van der Waals surface area contributed by atoms with Gasteiger partial charge in [0.15, 0.2) is 0 Å². The van der Waals surface area contributed by atoms with Crippen molar-refractivity contribution in [2.45, 2.75) is 31.3 Å². The monoisotopic (exact) mass is 316 g/mol. The first-order valence-corrected chi connectivity index (χ1v) is 8.90. The van der Waals surface area contributed by atoms with E-state index in [1.807, 2.05) is 24.5 Å². The molecule has 7 rings (SSSR count). The van der Waals surface area contributed by atoms with Gasteiger partial charge in [0, 0.05) is 24.2 Å². The van der Waals surface area contributed by atoms with Crippen LogP contribution in [0.15, 0.2) is 59.0 Å². The predicted molar refractivity (Wildman–Crippen MR) is 89.0 cm³/mol. The van der Waals surface area contributed by atoms with Crippen LogP contribution in [0.4, 0.5) is 0 Å². The Hall–Kier alpha value is -2.10. The molecule has 3 fully saturated rings. The number of hydrogen-bond donors (Lipinski definition) is 0. The van der Waals surface area contributed by atoms with E-state index in [-0.39, 0.29) is 16.5 Å². The molecule has 0 saturated heterocycles. The molecule has 0 unspecified atom stereocenters. The molecule has 0 aromatic carbocycles. The fourth-order valence-corrected chi connectivity index (χ4v) is 6.35. The van der Waals surface area contributed by atoms with Crippen molar-refractivity contribution in [3.63, 3.8) is 0 Å². The van der Waals surface area contributed by atoms with E-state index in [2.05, 4.69) is 38.1 Å². The van der Waals surface area contributed by atoms with Gasteiger partial charge in [0.25, 0.3) is 0 Å². The van der Waals surface area contributed by atoms with Crippen LogP contribution in [-0.4, -0.2) is 9.97 Å². The Balaban J connectivity index is 1.61. The lowest BCUT2D eigenvalue weighted by atomic mass is 9.68. The van der Waals surface area contributed by atoms with Crippen molar-refractivity contribution >= 4 is 0 Å². The molecule has 0 radical (unpaired) electrons. The third-order valence-electron chi connectivity index (χ3n) is 7.23. The lowest BCUT2D eigenvalue weighted by Gasteiger charge is -2.44. The lowest BCUT2D eigenvalue weighted by molar-refractivity contribution is 0.104. The number of aromatic nitrogens is 2. The molecule has 2 aliphatic heterocycles. The standard InChI is InChI=1S/C20H20N4/c1-18(2)16-17(18)20(15-8-4-6-10-22-15)13-11-12(13)19(16,23-24-20)14-7-3-5-9-21-14/h3-10,12-13,16-17H,11H2,1-2H3/t12-,13+,16-,17+,19+,20-. The molecule has 4 nitrogen and oxygen atoms in total. The lowest BCUT2D eigenvalue weighted by Crippen LogP contribution is -2.47. The highest BCUT2D eigenvalue weighted by molar-refractivity contribution is 5.45. The van der Waals surface area contributed by atoms with Crippen molar-refractivity contribution < 1.29 is 0 Å². The molecule has 3 saturated carbocycles. The molecule has 5 aliphatic rings. The second-order valence-electron chi connectivity index (χ2n) is 8.51. The summed E-state index contributed by atoms with van der Waals surface area (Å²) in [6.07, 6.45) is 5.00. The van der Waals surface area contributed by atoms with Crippen LogP contribution in [0.2, 0.25) is 0 Å². The average Bonchev–Trinajstić information content (AvgIpc) is 3.54. The summed E-state index contributed by atoms with van der Waals surface area (Å²) in [7, 11) is 0. The molecule has 2 bridgehead atoms. The Morgan fingerprint density at radius 2 is 1.29 bits per heavy atom. The van der Waals surface area contributed by atoms with Crippen molar-refractivity contribution in [3.05, 3.63) is 60.2 Å². The number of rotatable bonds is 2. The number of pyridine rings is 2. The van der Waals surface area contributed by atoms with Crippen molar-refractivity contribution in [3.8, 4) is 0 Å². The van der Waals surface area contributed by atoms with Gasteiger partial charge in [0.05, 0.1) is 11.4 Å². The Labute approximate surface area is 141 Å². The van der Waals surface area contributed by atoms with Crippen LogP contribution in [0.5, 0.6) is 0 Å². The molecule has 24 heavy (non-hydrogen) atoms. The summed E-state index contributed by atoms with van der Waals surface area (Å²) in [6.45, 7) is 4.78. The molecule has 2 aromatic heterocycles. The van der Waals surface area contributed by atoms with Crippen molar-refractivity contribution in [2.75, 3.05) is 0 Å². The molecule has 2 aromatic rings.